The molecule has 1 fully saturated rings. The lowest BCUT2D eigenvalue weighted by atomic mass is 10.1. The molecule has 164 valence electrons. The zero-order chi connectivity index (χ0) is 22.1. The highest BCUT2D eigenvalue weighted by molar-refractivity contribution is 7.15. The second kappa shape index (κ2) is 8.84. The van der Waals surface area contributed by atoms with E-state index in [4.69, 9.17) is 9.51 Å². The van der Waals surface area contributed by atoms with Crippen LogP contribution in [0.5, 0.6) is 0 Å². The van der Waals surface area contributed by atoms with E-state index >= 15 is 0 Å². The van der Waals surface area contributed by atoms with E-state index in [2.05, 4.69) is 65.1 Å². The minimum absolute atomic E-state index is 0.478. The van der Waals surface area contributed by atoms with Gasteiger partial charge in [0.05, 0.1) is 5.69 Å². The molecule has 0 radical (unpaired) electrons. The molecule has 0 amide bonds. The Bertz CT molecular complexity index is 1210. The van der Waals surface area contributed by atoms with E-state index in [1.54, 1.807) is 11.3 Å². The molecule has 0 saturated carbocycles. The minimum atomic E-state index is 0.478. The summed E-state index contributed by atoms with van der Waals surface area (Å²) < 4.78 is 5.54. The fraction of sp³-hybridized carbons (Fsp3) is 0.320. The number of aryl methyl sites for hydroxylation is 2. The second-order valence-electron chi connectivity index (χ2n) is 8.45. The average Bonchev–Trinajstić information content (AvgIpc) is 3.42. The van der Waals surface area contributed by atoms with Crippen molar-refractivity contribution in [2.45, 2.75) is 20.3 Å². The lowest BCUT2D eigenvalue weighted by molar-refractivity contribution is 0.313. The Balaban J connectivity index is 1.33. The Morgan fingerprint density at radius 1 is 0.969 bits per heavy atom. The first-order valence-corrected chi connectivity index (χ1v) is 11.8. The number of hydrogen-bond acceptors (Lipinski definition) is 7. The maximum atomic E-state index is 5.54. The van der Waals surface area contributed by atoms with Gasteiger partial charge in [-0.05, 0) is 38.6 Å². The standard InChI is InChI=1S/C25H27N5OS/c1-17-7-9-20(10-8-17)23-27-24(31-28-23)25-26-22(18(2)32-25)16-19-5-4-6-21(15-19)30-13-11-29(3)12-14-30/h4-10,15H,11-14,16H2,1-3H3. The van der Waals surface area contributed by atoms with Gasteiger partial charge in [0, 0.05) is 48.7 Å². The summed E-state index contributed by atoms with van der Waals surface area (Å²) in [6.45, 7) is 8.52. The molecule has 0 bridgehead atoms. The number of rotatable bonds is 5. The number of hydrogen-bond donors (Lipinski definition) is 0. The second-order valence-corrected chi connectivity index (χ2v) is 9.65. The number of likely N-dealkylation sites (N-methyl/N-ethyl adjacent to an activating group) is 1. The lowest BCUT2D eigenvalue weighted by Gasteiger charge is -2.34. The van der Waals surface area contributed by atoms with Gasteiger partial charge in [0.1, 0.15) is 0 Å². The predicted octanol–water partition coefficient (Wildman–Crippen LogP) is 4.82. The fourth-order valence-corrected chi connectivity index (χ4v) is 4.79. The van der Waals surface area contributed by atoms with E-state index in [-0.39, 0.29) is 0 Å². The minimum Gasteiger partial charge on any atom is -0.369 e. The van der Waals surface area contributed by atoms with Crippen LogP contribution in [0.25, 0.3) is 22.3 Å². The molecule has 1 saturated heterocycles. The van der Waals surface area contributed by atoms with E-state index in [9.17, 15) is 0 Å². The lowest BCUT2D eigenvalue weighted by Crippen LogP contribution is -2.44. The van der Waals surface area contributed by atoms with Crippen molar-refractivity contribution in [3.05, 3.63) is 70.2 Å². The summed E-state index contributed by atoms with van der Waals surface area (Å²) in [5.74, 6) is 1.07. The monoisotopic (exact) mass is 445 g/mol. The molecule has 0 aliphatic carbocycles. The third-order valence-electron chi connectivity index (χ3n) is 5.96. The summed E-state index contributed by atoms with van der Waals surface area (Å²) in [5, 5.41) is 4.93. The molecule has 2 aromatic carbocycles. The summed E-state index contributed by atoms with van der Waals surface area (Å²) in [5.41, 5.74) is 5.78. The van der Waals surface area contributed by atoms with Crippen LogP contribution in [-0.2, 0) is 6.42 Å². The molecule has 4 aromatic rings. The van der Waals surface area contributed by atoms with E-state index in [0.717, 1.165) is 48.9 Å². The smallest absolute Gasteiger partial charge is 0.287 e. The van der Waals surface area contributed by atoms with Crippen molar-refractivity contribution >= 4 is 17.0 Å². The summed E-state index contributed by atoms with van der Waals surface area (Å²) in [6.07, 6.45) is 0.795. The zero-order valence-corrected chi connectivity index (χ0v) is 19.5. The maximum Gasteiger partial charge on any atom is 0.287 e. The van der Waals surface area contributed by atoms with Gasteiger partial charge in [-0.3, -0.25) is 0 Å². The van der Waals surface area contributed by atoms with Gasteiger partial charge in [0.15, 0.2) is 5.01 Å². The van der Waals surface area contributed by atoms with Crippen molar-refractivity contribution in [2.24, 2.45) is 0 Å². The van der Waals surface area contributed by atoms with E-state index < -0.39 is 0 Å². The molecule has 3 heterocycles. The summed E-state index contributed by atoms with van der Waals surface area (Å²) >= 11 is 1.61. The fourth-order valence-electron chi connectivity index (χ4n) is 3.93. The van der Waals surface area contributed by atoms with E-state index in [1.165, 1.54) is 21.7 Å². The molecule has 0 N–H and O–H groups in total. The number of nitrogens with zero attached hydrogens (tertiary/aromatic N) is 5. The summed E-state index contributed by atoms with van der Waals surface area (Å²) in [7, 11) is 2.18. The van der Waals surface area contributed by atoms with Gasteiger partial charge in [0.25, 0.3) is 5.89 Å². The SMILES string of the molecule is Cc1ccc(-c2noc(-c3nc(Cc4cccc(N5CCN(C)CC5)c4)c(C)s3)n2)cc1. The molecule has 0 unspecified atom stereocenters. The van der Waals surface area contributed by atoms with Crippen LogP contribution in [0.4, 0.5) is 5.69 Å². The summed E-state index contributed by atoms with van der Waals surface area (Å²) in [6, 6.07) is 17.0. The van der Waals surface area contributed by atoms with Gasteiger partial charge in [0.2, 0.25) is 5.82 Å². The largest absolute Gasteiger partial charge is 0.369 e. The number of aromatic nitrogens is 3. The molecule has 0 atom stereocenters. The molecule has 5 rings (SSSR count). The first kappa shape index (κ1) is 20.8. The van der Waals surface area contributed by atoms with Crippen molar-refractivity contribution in [1.82, 2.24) is 20.0 Å². The highest BCUT2D eigenvalue weighted by atomic mass is 32.1. The first-order valence-electron chi connectivity index (χ1n) is 10.9. The van der Waals surface area contributed by atoms with Crippen LogP contribution < -0.4 is 4.90 Å². The number of anilines is 1. The summed E-state index contributed by atoms with van der Waals surface area (Å²) in [4.78, 5) is 15.5. The van der Waals surface area contributed by atoms with Crippen molar-refractivity contribution in [2.75, 3.05) is 38.1 Å². The van der Waals surface area contributed by atoms with Crippen LogP contribution in [0.15, 0.2) is 53.1 Å². The van der Waals surface area contributed by atoms with Gasteiger partial charge < -0.3 is 14.3 Å². The Labute approximate surface area is 192 Å². The highest BCUT2D eigenvalue weighted by Gasteiger charge is 2.18. The van der Waals surface area contributed by atoms with Crippen LogP contribution >= 0.6 is 11.3 Å². The molecule has 32 heavy (non-hydrogen) atoms. The van der Waals surface area contributed by atoms with Crippen LogP contribution in [0, 0.1) is 13.8 Å². The molecule has 7 heteroatoms. The van der Waals surface area contributed by atoms with Crippen molar-refractivity contribution < 1.29 is 4.52 Å². The van der Waals surface area contributed by atoms with Crippen LogP contribution in [-0.4, -0.2) is 53.3 Å². The van der Waals surface area contributed by atoms with Gasteiger partial charge in [-0.1, -0.05) is 47.1 Å². The van der Waals surface area contributed by atoms with Gasteiger partial charge in [-0.15, -0.1) is 11.3 Å². The van der Waals surface area contributed by atoms with Crippen LogP contribution in [0.1, 0.15) is 21.7 Å². The average molecular weight is 446 g/mol. The molecule has 2 aromatic heterocycles. The zero-order valence-electron chi connectivity index (χ0n) is 18.7. The maximum absolute atomic E-state index is 5.54. The third kappa shape index (κ3) is 4.45. The topological polar surface area (TPSA) is 58.3 Å². The van der Waals surface area contributed by atoms with Gasteiger partial charge in [-0.2, -0.15) is 4.98 Å². The van der Waals surface area contributed by atoms with E-state index in [1.807, 2.05) is 24.3 Å². The van der Waals surface area contributed by atoms with E-state index in [0.29, 0.717) is 11.7 Å². The van der Waals surface area contributed by atoms with Gasteiger partial charge in [-0.25, -0.2) is 4.98 Å². The molecular weight excluding hydrogens is 418 g/mol. The number of benzene rings is 2. The predicted molar refractivity (Wildman–Crippen MR) is 129 cm³/mol. The Morgan fingerprint density at radius 2 is 1.75 bits per heavy atom. The van der Waals surface area contributed by atoms with Crippen molar-refractivity contribution in [3.8, 4) is 22.3 Å². The van der Waals surface area contributed by atoms with Crippen molar-refractivity contribution in [3.63, 3.8) is 0 Å². The first-order chi connectivity index (χ1) is 15.5. The molecule has 0 spiro atoms. The number of piperazine rings is 1. The molecule has 6 nitrogen and oxygen atoms in total. The van der Waals surface area contributed by atoms with Gasteiger partial charge >= 0.3 is 0 Å². The Hall–Kier alpha value is -3.03. The van der Waals surface area contributed by atoms with Crippen LogP contribution in [0.3, 0.4) is 0 Å². The Morgan fingerprint density at radius 3 is 2.53 bits per heavy atom. The molecule has 1 aliphatic rings. The Kier molecular flexibility index (Phi) is 5.76. The third-order valence-corrected chi connectivity index (χ3v) is 6.96. The normalized spacial score (nSPS) is 14.8. The number of thiazole rings is 1. The quantitative estimate of drug-likeness (QED) is 0.439. The van der Waals surface area contributed by atoms with Crippen molar-refractivity contribution in [1.29, 1.82) is 0 Å². The molecular formula is C25H27N5OS. The highest BCUT2D eigenvalue weighted by Crippen LogP contribution is 2.30. The molecule has 1 aliphatic heterocycles. The van der Waals surface area contributed by atoms with Crippen LogP contribution in [0.2, 0.25) is 0 Å².